The first-order valence-corrected chi connectivity index (χ1v) is 8.11. The van der Waals surface area contributed by atoms with Gasteiger partial charge in [0.15, 0.2) is 0 Å². The zero-order valence-electron chi connectivity index (χ0n) is 12.3. The molecule has 1 aliphatic carbocycles. The van der Waals surface area contributed by atoms with Crippen LogP contribution in [0.15, 0.2) is 28.7 Å². The lowest BCUT2D eigenvalue weighted by Crippen LogP contribution is -2.27. The predicted molar refractivity (Wildman–Crippen MR) is 84.6 cm³/mol. The van der Waals surface area contributed by atoms with Gasteiger partial charge in [0.05, 0.1) is 5.60 Å². The molecule has 0 bridgehead atoms. The maximum atomic E-state index is 5.95. The minimum Gasteiger partial charge on any atom is -0.376 e. The Bertz CT molecular complexity index is 396. The molecule has 0 amide bonds. The molecular weight excluding hydrogens is 300 g/mol. The highest BCUT2D eigenvalue weighted by atomic mass is 79.9. The van der Waals surface area contributed by atoms with Crippen LogP contribution in [-0.4, -0.2) is 12.2 Å². The van der Waals surface area contributed by atoms with Gasteiger partial charge in [0.2, 0.25) is 0 Å². The maximum absolute atomic E-state index is 5.95. The average Bonchev–Trinajstić information content (AvgIpc) is 2.78. The Kier molecular flexibility index (Phi) is 4.73. The molecule has 106 valence electrons. The summed E-state index contributed by atoms with van der Waals surface area (Å²) in [6, 6.07) is 8.90. The van der Waals surface area contributed by atoms with Gasteiger partial charge in [0, 0.05) is 11.1 Å². The van der Waals surface area contributed by atoms with Crippen molar-refractivity contribution in [3.63, 3.8) is 0 Å². The molecule has 0 aromatic heterocycles. The maximum Gasteiger partial charge on any atom is 0.0598 e. The van der Waals surface area contributed by atoms with Crippen molar-refractivity contribution in [3.05, 3.63) is 34.3 Å². The van der Waals surface area contributed by atoms with Gasteiger partial charge < -0.3 is 4.74 Å². The van der Waals surface area contributed by atoms with Crippen LogP contribution in [0, 0.1) is 0 Å². The fraction of sp³-hybridized carbons (Fsp3) is 0.647. The van der Waals surface area contributed by atoms with Crippen molar-refractivity contribution in [1.29, 1.82) is 0 Å². The zero-order chi connectivity index (χ0) is 13.9. The third-order valence-electron chi connectivity index (χ3n) is 4.13. The SMILES string of the molecule is CC(C)(C)OCCC1(c2ccc(Br)cc2)CCCC1. The molecule has 0 spiro atoms. The highest BCUT2D eigenvalue weighted by molar-refractivity contribution is 9.10. The Morgan fingerprint density at radius 1 is 1.11 bits per heavy atom. The number of halogens is 1. The molecule has 0 heterocycles. The molecule has 2 heteroatoms. The van der Waals surface area contributed by atoms with Crippen molar-refractivity contribution in [3.8, 4) is 0 Å². The van der Waals surface area contributed by atoms with Gasteiger partial charge >= 0.3 is 0 Å². The summed E-state index contributed by atoms with van der Waals surface area (Å²) in [5.74, 6) is 0. The van der Waals surface area contributed by atoms with Crippen molar-refractivity contribution < 1.29 is 4.74 Å². The Labute approximate surface area is 125 Å². The lowest BCUT2D eigenvalue weighted by molar-refractivity contribution is -0.0116. The van der Waals surface area contributed by atoms with E-state index in [9.17, 15) is 0 Å². The van der Waals surface area contributed by atoms with Crippen LogP contribution in [0.4, 0.5) is 0 Å². The lowest BCUT2D eigenvalue weighted by Gasteiger charge is -2.31. The summed E-state index contributed by atoms with van der Waals surface area (Å²) in [7, 11) is 0. The van der Waals surface area contributed by atoms with Crippen molar-refractivity contribution in [2.45, 2.75) is 63.9 Å². The molecule has 0 radical (unpaired) electrons. The molecule has 0 saturated heterocycles. The number of ether oxygens (including phenoxy) is 1. The molecule has 1 aliphatic rings. The normalized spacial score (nSPS) is 18.7. The Hall–Kier alpha value is -0.340. The highest BCUT2D eigenvalue weighted by Crippen LogP contribution is 2.44. The fourth-order valence-corrected chi connectivity index (χ4v) is 3.36. The third-order valence-corrected chi connectivity index (χ3v) is 4.66. The van der Waals surface area contributed by atoms with Crippen LogP contribution >= 0.6 is 15.9 Å². The molecule has 1 aromatic carbocycles. The summed E-state index contributed by atoms with van der Waals surface area (Å²) < 4.78 is 7.11. The minimum atomic E-state index is -0.0283. The van der Waals surface area contributed by atoms with Gasteiger partial charge in [-0.3, -0.25) is 0 Å². The first-order chi connectivity index (χ1) is 8.91. The summed E-state index contributed by atoms with van der Waals surface area (Å²) in [5.41, 5.74) is 1.82. The van der Waals surface area contributed by atoms with E-state index in [1.165, 1.54) is 31.2 Å². The number of rotatable bonds is 4. The molecule has 1 nitrogen and oxygen atoms in total. The van der Waals surface area contributed by atoms with Crippen LogP contribution in [-0.2, 0) is 10.2 Å². The summed E-state index contributed by atoms with van der Waals surface area (Å²) in [4.78, 5) is 0. The van der Waals surface area contributed by atoms with Gasteiger partial charge in [-0.25, -0.2) is 0 Å². The van der Waals surface area contributed by atoms with E-state index in [1.54, 1.807) is 0 Å². The quantitative estimate of drug-likeness (QED) is 0.713. The first-order valence-electron chi connectivity index (χ1n) is 7.31. The topological polar surface area (TPSA) is 9.23 Å². The first kappa shape index (κ1) is 15.1. The largest absolute Gasteiger partial charge is 0.376 e. The lowest BCUT2D eigenvalue weighted by atomic mass is 9.76. The van der Waals surface area contributed by atoms with E-state index in [0.29, 0.717) is 5.41 Å². The molecule has 0 unspecified atom stereocenters. The molecular formula is C17H25BrO. The monoisotopic (exact) mass is 324 g/mol. The number of hydrogen-bond acceptors (Lipinski definition) is 1. The van der Waals surface area contributed by atoms with E-state index < -0.39 is 0 Å². The molecule has 1 fully saturated rings. The number of benzene rings is 1. The van der Waals surface area contributed by atoms with Crippen molar-refractivity contribution in [2.75, 3.05) is 6.61 Å². The van der Waals surface area contributed by atoms with E-state index in [-0.39, 0.29) is 5.60 Å². The fourth-order valence-electron chi connectivity index (χ4n) is 3.09. The van der Waals surface area contributed by atoms with Crippen molar-refractivity contribution in [2.24, 2.45) is 0 Å². The van der Waals surface area contributed by atoms with Crippen LogP contribution in [0.25, 0.3) is 0 Å². The molecule has 0 atom stereocenters. The van der Waals surface area contributed by atoms with E-state index in [4.69, 9.17) is 4.74 Å². The number of hydrogen-bond donors (Lipinski definition) is 0. The molecule has 1 saturated carbocycles. The van der Waals surface area contributed by atoms with Gasteiger partial charge in [-0.1, -0.05) is 40.9 Å². The molecule has 2 rings (SSSR count). The van der Waals surface area contributed by atoms with Crippen LogP contribution < -0.4 is 0 Å². The van der Waals surface area contributed by atoms with Crippen molar-refractivity contribution >= 4 is 15.9 Å². The average molecular weight is 325 g/mol. The molecule has 0 N–H and O–H groups in total. The van der Waals surface area contributed by atoms with Crippen LogP contribution in [0.2, 0.25) is 0 Å². The van der Waals surface area contributed by atoms with Gasteiger partial charge in [-0.15, -0.1) is 0 Å². The van der Waals surface area contributed by atoms with E-state index >= 15 is 0 Å². The van der Waals surface area contributed by atoms with Crippen molar-refractivity contribution in [1.82, 2.24) is 0 Å². The zero-order valence-corrected chi connectivity index (χ0v) is 13.9. The van der Waals surface area contributed by atoms with Gasteiger partial charge in [0.25, 0.3) is 0 Å². The Morgan fingerprint density at radius 2 is 1.68 bits per heavy atom. The van der Waals surface area contributed by atoms with E-state index in [0.717, 1.165) is 17.5 Å². The Balaban J connectivity index is 2.07. The smallest absolute Gasteiger partial charge is 0.0598 e. The summed E-state index contributed by atoms with van der Waals surface area (Å²) in [5, 5.41) is 0. The van der Waals surface area contributed by atoms with Gasteiger partial charge in [-0.05, 0) is 63.1 Å². The molecule has 19 heavy (non-hydrogen) atoms. The van der Waals surface area contributed by atoms with Gasteiger partial charge in [-0.2, -0.15) is 0 Å². The van der Waals surface area contributed by atoms with Crippen LogP contribution in [0.3, 0.4) is 0 Å². The van der Waals surface area contributed by atoms with Gasteiger partial charge in [0.1, 0.15) is 0 Å². The highest BCUT2D eigenvalue weighted by Gasteiger charge is 2.35. The van der Waals surface area contributed by atoms with E-state index in [1.807, 2.05) is 0 Å². The van der Waals surface area contributed by atoms with E-state index in [2.05, 4.69) is 61.0 Å². The molecule has 1 aromatic rings. The second-order valence-electron chi connectivity index (χ2n) is 6.71. The molecule has 0 aliphatic heterocycles. The summed E-state index contributed by atoms with van der Waals surface area (Å²) in [6.07, 6.45) is 6.47. The standard InChI is InChI=1S/C17H25BrO/c1-16(2,3)19-13-12-17(10-4-5-11-17)14-6-8-15(18)9-7-14/h6-9H,4-5,10-13H2,1-3H3. The van der Waals surface area contributed by atoms with Crippen LogP contribution in [0.1, 0.15) is 58.4 Å². The Morgan fingerprint density at radius 3 is 2.21 bits per heavy atom. The third kappa shape index (κ3) is 4.06. The minimum absolute atomic E-state index is 0.0283. The van der Waals surface area contributed by atoms with Crippen LogP contribution in [0.5, 0.6) is 0 Å². The predicted octanol–water partition coefficient (Wildman–Crippen LogP) is 5.47. The summed E-state index contributed by atoms with van der Waals surface area (Å²) in [6.45, 7) is 7.26. The second kappa shape index (κ2) is 5.97. The second-order valence-corrected chi connectivity index (χ2v) is 7.62. The summed E-state index contributed by atoms with van der Waals surface area (Å²) >= 11 is 3.53.